The number of carbonyl (C=O) groups excluding carboxylic acids is 4. The van der Waals surface area contributed by atoms with Gasteiger partial charge in [-0.2, -0.15) is 4.31 Å². The minimum absolute atomic E-state index is 0.0410. The summed E-state index contributed by atoms with van der Waals surface area (Å²) in [4.78, 5) is 62.7. The van der Waals surface area contributed by atoms with E-state index in [1.807, 2.05) is 36.9 Å². The molecule has 1 aromatic heterocycles. The van der Waals surface area contributed by atoms with Crippen LogP contribution in [0.3, 0.4) is 0 Å². The molecule has 2 amide bonds. The van der Waals surface area contributed by atoms with Crippen LogP contribution in [0.4, 0.5) is 0 Å². The predicted octanol–water partition coefficient (Wildman–Crippen LogP) is 1.80. The summed E-state index contributed by atoms with van der Waals surface area (Å²) >= 11 is 0. The van der Waals surface area contributed by atoms with E-state index >= 15 is 0 Å². The van der Waals surface area contributed by atoms with Crippen molar-refractivity contribution in [2.75, 3.05) is 39.3 Å². The molecule has 0 radical (unpaired) electrons. The monoisotopic (exact) mass is 609 g/mol. The lowest BCUT2D eigenvalue weighted by molar-refractivity contribution is -0.144. The van der Waals surface area contributed by atoms with Gasteiger partial charge in [-0.15, -0.1) is 0 Å². The number of aromatic nitrogens is 1. The van der Waals surface area contributed by atoms with Gasteiger partial charge in [0, 0.05) is 64.0 Å². The highest BCUT2D eigenvalue weighted by atomic mass is 32.2. The predicted molar refractivity (Wildman–Crippen MR) is 159 cm³/mol. The molecule has 1 aromatic carbocycles. The molecule has 3 fully saturated rings. The quantitative estimate of drug-likeness (QED) is 0.421. The van der Waals surface area contributed by atoms with Crippen molar-refractivity contribution in [3.63, 3.8) is 0 Å². The molecule has 43 heavy (non-hydrogen) atoms. The molecule has 5 rings (SSSR count). The highest BCUT2D eigenvalue weighted by Gasteiger charge is 2.55. The van der Waals surface area contributed by atoms with Gasteiger partial charge in [-0.25, -0.2) is 8.42 Å². The van der Waals surface area contributed by atoms with E-state index < -0.39 is 45.5 Å². The number of benzene rings is 1. The summed E-state index contributed by atoms with van der Waals surface area (Å²) in [6, 6.07) is 11.3. The van der Waals surface area contributed by atoms with Crippen molar-refractivity contribution in [3.8, 4) is 0 Å². The van der Waals surface area contributed by atoms with Crippen LogP contribution in [-0.2, 0) is 31.0 Å². The van der Waals surface area contributed by atoms with E-state index in [0.717, 1.165) is 23.9 Å². The third kappa shape index (κ3) is 6.71. The van der Waals surface area contributed by atoms with Crippen LogP contribution < -0.4 is 0 Å². The first kappa shape index (κ1) is 31.0. The summed E-state index contributed by atoms with van der Waals surface area (Å²) in [5.74, 6) is -1.29. The number of ketones is 1. The van der Waals surface area contributed by atoms with Gasteiger partial charge in [0.15, 0.2) is 5.78 Å². The Morgan fingerprint density at radius 1 is 0.977 bits per heavy atom. The van der Waals surface area contributed by atoms with Gasteiger partial charge in [-0.3, -0.25) is 29.1 Å². The molecule has 0 saturated carbocycles. The zero-order valence-electron chi connectivity index (χ0n) is 24.7. The maximum absolute atomic E-state index is 13.9. The van der Waals surface area contributed by atoms with Gasteiger partial charge < -0.3 is 9.80 Å². The van der Waals surface area contributed by atoms with Gasteiger partial charge in [0.05, 0.1) is 18.2 Å². The molecule has 11 nitrogen and oxygen atoms in total. The third-order valence-electron chi connectivity index (χ3n) is 8.60. The van der Waals surface area contributed by atoms with Gasteiger partial charge in [0.25, 0.3) is 15.1 Å². The first-order chi connectivity index (χ1) is 20.6. The summed E-state index contributed by atoms with van der Waals surface area (Å²) in [6.45, 7) is 7.17. The number of fused-ring (bicyclic) bond motifs is 1. The maximum Gasteiger partial charge on any atom is 0.293 e. The molecular weight excluding hydrogens is 570 g/mol. The minimum atomic E-state index is -4.49. The number of likely N-dealkylation sites (tertiary alicyclic amines) is 1. The van der Waals surface area contributed by atoms with E-state index in [9.17, 15) is 27.6 Å². The van der Waals surface area contributed by atoms with Crippen LogP contribution in [0.2, 0.25) is 0 Å². The SMILES string of the molecule is CC(C)CC(CC(=O)N1CCN(Cc2ccccc2)CC1)C(=O)N1CCC2C1C(=O)CN2S(=O)(=O)C(=O)c1cccnc1. The molecule has 3 aliphatic heterocycles. The summed E-state index contributed by atoms with van der Waals surface area (Å²) in [7, 11) is -4.49. The fourth-order valence-electron chi connectivity index (χ4n) is 6.49. The van der Waals surface area contributed by atoms with Gasteiger partial charge in [-0.1, -0.05) is 44.2 Å². The van der Waals surface area contributed by atoms with Crippen molar-refractivity contribution < 1.29 is 27.6 Å². The second-order valence-electron chi connectivity index (χ2n) is 12.1. The van der Waals surface area contributed by atoms with Crippen LogP contribution in [0.15, 0.2) is 54.9 Å². The average Bonchev–Trinajstić information content (AvgIpc) is 3.58. The summed E-state index contributed by atoms with van der Waals surface area (Å²) in [6.07, 6.45) is 3.37. The van der Waals surface area contributed by atoms with Crippen LogP contribution in [0, 0.1) is 11.8 Å². The van der Waals surface area contributed by atoms with Crippen LogP contribution in [0.1, 0.15) is 49.0 Å². The summed E-state index contributed by atoms with van der Waals surface area (Å²) in [5, 5.41) is -1.12. The van der Waals surface area contributed by atoms with E-state index in [0.29, 0.717) is 19.5 Å². The lowest BCUT2D eigenvalue weighted by Gasteiger charge is -2.36. The first-order valence-electron chi connectivity index (χ1n) is 14.9. The number of sulfonamides is 1. The zero-order valence-corrected chi connectivity index (χ0v) is 25.5. The number of carbonyl (C=O) groups is 4. The second kappa shape index (κ2) is 13.0. The molecule has 0 aliphatic carbocycles. The van der Waals surface area contributed by atoms with E-state index in [1.165, 1.54) is 35.0 Å². The van der Waals surface area contributed by atoms with Crippen molar-refractivity contribution in [1.82, 2.24) is 24.0 Å². The van der Waals surface area contributed by atoms with Gasteiger partial charge >= 0.3 is 0 Å². The number of pyridine rings is 1. The Morgan fingerprint density at radius 2 is 1.70 bits per heavy atom. The molecule has 3 unspecified atom stereocenters. The van der Waals surface area contributed by atoms with Crippen LogP contribution in [0.25, 0.3) is 0 Å². The number of rotatable bonds is 9. The number of nitrogens with zero attached hydrogens (tertiary/aromatic N) is 5. The molecular formula is C31H39N5O6S. The number of amides is 2. The maximum atomic E-state index is 13.9. The molecule has 0 N–H and O–H groups in total. The Labute approximate surface area is 252 Å². The normalized spacial score (nSPS) is 22.2. The van der Waals surface area contributed by atoms with Crippen LogP contribution in [0.5, 0.6) is 0 Å². The number of hydrogen-bond donors (Lipinski definition) is 0. The topological polar surface area (TPSA) is 128 Å². The number of hydrogen-bond acceptors (Lipinski definition) is 8. The molecule has 4 heterocycles. The first-order valence-corrected chi connectivity index (χ1v) is 16.3. The van der Waals surface area contributed by atoms with Gasteiger partial charge in [-0.05, 0) is 36.5 Å². The lowest BCUT2D eigenvalue weighted by atomic mass is 9.91. The summed E-state index contributed by atoms with van der Waals surface area (Å²) in [5.41, 5.74) is 1.14. The van der Waals surface area contributed by atoms with Crippen molar-refractivity contribution >= 4 is 32.7 Å². The highest BCUT2D eigenvalue weighted by molar-refractivity contribution is 8.04. The third-order valence-corrected chi connectivity index (χ3v) is 10.3. The smallest absolute Gasteiger partial charge is 0.293 e. The molecule has 3 aliphatic rings. The fourth-order valence-corrected chi connectivity index (χ4v) is 8.00. The molecule has 12 heteroatoms. The molecule has 0 spiro atoms. The Morgan fingerprint density at radius 3 is 2.35 bits per heavy atom. The fraction of sp³-hybridized carbons (Fsp3) is 0.516. The van der Waals surface area contributed by atoms with Crippen molar-refractivity contribution in [2.24, 2.45) is 11.8 Å². The standard InChI is InChI=1S/C31H39N5O6S/c1-22(2)17-25(18-28(38)34-15-13-33(14-16-34)20-23-7-4-3-5-8-23)30(39)35-12-10-26-29(35)27(37)21-36(26)43(41,42)31(40)24-9-6-11-32-19-24/h3-9,11,19,22,25-26,29H,10,12-18,20-21H2,1-2H3. The van der Waals surface area contributed by atoms with Crippen LogP contribution >= 0.6 is 0 Å². The molecule has 230 valence electrons. The van der Waals surface area contributed by atoms with E-state index in [-0.39, 0.29) is 42.7 Å². The second-order valence-corrected chi connectivity index (χ2v) is 13.8. The Hall–Kier alpha value is -3.48. The summed E-state index contributed by atoms with van der Waals surface area (Å²) < 4.78 is 27.5. The Kier molecular flexibility index (Phi) is 9.38. The van der Waals surface area contributed by atoms with Crippen molar-refractivity contribution in [3.05, 3.63) is 66.0 Å². The van der Waals surface area contributed by atoms with E-state index in [1.54, 1.807) is 0 Å². The molecule has 3 saturated heterocycles. The molecule has 0 bridgehead atoms. The lowest BCUT2D eigenvalue weighted by Crippen LogP contribution is -2.50. The van der Waals surface area contributed by atoms with E-state index in [4.69, 9.17) is 0 Å². The Bertz CT molecular complexity index is 1440. The van der Waals surface area contributed by atoms with Gasteiger partial charge in [0.2, 0.25) is 11.8 Å². The van der Waals surface area contributed by atoms with Crippen molar-refractivity contribution in [1.29, 1.82) is 0 Å². The zero-order chi connectivity index (χ0) is 30.7. The van der Waals surface area contributed by atoms with Crippen molar-refractivity contribution in [2.45, 2.75) is 51.7 Å². The number of Topliss-reactive ketones (excluding diaryl/α,β-unsaturated/α-hetero) is 1. The minimum Gasteiger partial charge on any atom is -0.340 e. The van der Waals surface area contributed by atoms with E-state index in [2.05, 4.69) is 22.0 Å². The highest BCUT2D eigenvalue weighted by Crippen LogP contribution is 2.35. The molecule has 2 aromatic rings. The largest absolute Gasteiger partial charge is 0.340 e. The molecule has 3 atom stereocenters. The number of piperazine rings is 1. The van der Waals surface area contributed by atoms with Gasteiger partial charge in [0.1, 0.15) is 6.04 Å². The Balaban J connectivity index is 1.23. The van der Waals surface area contributed by atoms with Crippen LogP contribution in [-0.4, -0.2) is 106 Å². The average molecular weight is 610 g/mol.